The molecule has 112 valence electrons. The Balaban J connectivity index is 1.88. The van der Waals surface area contributed by atoms with Crippen LogP contribution in [0.1, 0.15) is 11.9 Å². The highest BCUT2D eigenvalue weighted by Crippen LogP contribution is 2.38. The zero-order chi connectivity index (χ0) is 14.8. The van der Waals surface area contributed by atoms with Crippen molar-refractivity contribution in [2.24, 2.45) is 0 Å². The number of nitrogens with one attached hydrogen (secondary N) is 1. The van der Waals surface area contributed by atoms with Crippen LogP contribution in [0.5, 0.6) is 5.75 Å². The van der Waals surface area contributed by atoms with Crippen LogP contribution in [0.15, 0.2) is 17.5 Å². The number of likely N-dealkylation sites (N-methyl/N-ethyl adjacent to an activating group) is 1. The number of fused-ring (bicyclic) bond motifs is 3. The van der Waals surface area contributed by atoms with Gasteiger partial charge < -0.3 is 15.2 Å². The molecule has 0 amide bonds. The van der Waals surface area contributed by atoms with Crippen LogP contribution in [0.2, 0.25) is 0 Å². The molecule has 0 bridgehead atoms. The lowest BCUT2D eigenvalue weighted by Crippen LogP contribution is -2.31. The maximum absolute atomic E-state index is 9.89. The number of nitrogens with zero attached hydrogens (tertiary/aromatic N) is 1. The zero-order valence-electron chi connectivity index (χ0n) is 12.0. The topological polar surface area (TPSA) is 54.4 Å². The van der Waals surface area contributed by atoms with Gasteiger partial charge in [-0.15, -0.1) is 22.7 Å². The first-order valence-electron chi connectivity index (χ1n) is 6.98. The first kappa shape index (κ1) is 14.7. The Morgan fingerprint density at radius 3 is 3.14 bits per heavy atom. The molecule has 1 atom stereocenters. The standard InChI is InChI=1S/C15H18N2O2S2/c1-3-16-7-10(18)8-19-12-6-13-14(17-9(2)21-13)15-11(12)4-5-20-15/h4-6,10,16,18H,3,7-8H2,1-2H3. The Morgan fingerprint density at radius 2 is 2.33 bits per heavy atom. The Hall–Kier alpha value is -1.21. The van der Waals surface area contributed by atoms with E-state index in [1.807, 2.05) is 19.9 Å². The monoisotopic (exact) mass is 322 g/mol. The third-order valence-electron chi connectivity index (χ3n) is 3.23. The van der Waals surface area contributed by atoms with Crippen molar-refractivity contribution in [2.75, 3.05) is 19.7 Å². The largest absolute Gasteiger partial charge is 0.490 e. The molecule has 3 aromatic rings. The van der Waals surface area contributed by atoms with E-state index >= 15 is 0 Å². The maximum atomic E-state index is 9.89. The van der Waals surface area contributed by atoms with Gasteiger partial charge in [-0.2, -0.15) is 0 Å². The average Bonchev–Trinajstić information content (AvgIpc) is 3.07. The highest BCUT2D eigenvalue weighted by molar-refractivity contribution is 7.21. The minimum atomic E-state index is -0.502. The van der Waals surface area contributed by atoms with Crippen LogP contribution in [0.4, 0.5) is 0 Å². The highest BCUT2D eigenvalue weighted by atomic mass is 32.1. The average molecular weight is 322 g/mol. The number of thiophene rings is 1. The van der Waals surface area contributed by atoms with Gasteiger partial charge in [0.1, 0.15) is 18.5 Å². The molecule has 6 heteroatoms. The Kier molecular flexibility index (Phi) is 4.40. The van der Waals surface area contributed by atoms with E-state index in [9.17, 15) is 5.11 Å². The van der Waals surface area contributed by atoms with Gasteiger partial charge in [-0.05, 0) is 24.9 Å². The molecule has 1 unspecified atom stereocenters. The smallest absolute Gasteiger partial charge is 0.129 e. The second-order valence-corrected chi connectivity index (χ2v) is 7.04. The van der Waals surface area contributed by atoms with E-state index in [4.69, 9.17) is 4.74 Å². The van der Waals surface area contributed by atoms with E-state index in [1.54, 1.807) is 22.7 Å². The Labute approximate surface area is 131 Å². The van der Waals surface area contributed by atoms with E-state index < -0.39 is 6.10 Å². The predicted molar refractivity (Wildman–Crippen MR) is 89.8 cm³/mol. The van der Waals surface area contributed by atoms with Gasteiger partial charge in [0.2, 0.25) is 0 Å². The van der Waals surface area contributed by atoms with Crippen molar-refractivity contribution < 1.29 is 9.84 Å². The molecule has 0 fully saturated rings. The summed E-state index contributed by atoms with van der Waals surface area (Å²) in [5.41, 5.74) is 1.06. The van der Waals surface area contributed by atoms with E-state index in [2.05, 4.69) is 21.7 Å². The van der Waals surface area contributed by atoms with E-state index in [-0.39, 0.29) is 0 Å². The molecule has 0 radical (unpaired) electrons. The van der Waals surface area contributed by atoms with Crippen molar-refractivity contribution in [1.29, 1.82) is 0 Å². The summed E-state index contributed by atoms with van der Waals surface area (Å²) in [5.74, 6) is 0.831. The summed E-state index contributed by atoms with van der Waals surface area (Å²) in [6.45, 7) is 5.72. The summed E-state index contributed by atoms with van der Waals surface area (Å²) in [6, 6.07) is 4.09. The molecule has 1 aromatic carbocycles. The van der Waals surface area contributed by atoms with Crippen LogP contribution in [0, 0.1) is 6.92 Å². The van der Waals surface area contributed by atoms with Crippen molar-refractivity contribution in [2.45, 2.75) is 20.0 Å². The normalized spacial score (nSPS) is 13.1. The minimum Gasteiger partial charge on any atom is -0.490 e. The third kappa shape index (κ3) is 3.03. The minimum absolute atomic E-state index is 0.293. The molecule has 0 saturated carbocycles. The SMILES string of the molecule is CCNCC(O)COc1cc2sc(C)nc2c2sccc12. The molecule has 2 N–H and O–H groups in total. The number of aryl methyl sites for hydroxylation is 1. The maximum Gasteiger partial charge on any atom is 0.129 e. The molecule has 3 rings (SSSR count). The quantitative estimate of drug-likeness (QED) is 0.732. The fraction of sp³-hybridized carbons (Fsp3) is 0.400. The van der Waals surface area contributed by atoms with Gasteiger partial charge in [0.05, 0.1) is 19.9 Å². The number of aliphatic hydroxyl groups excluding tert-OH is 1. The number of hydrogen-bond acceptors (Lipinski definition) is 6. The Morgan fingerprint density at radius 1 is 1.48 bits per heavy atom. The van der Waals surface area contributed by atoms with Crippen LogP contribution in [-0.2, 0) is 0 Å². The van der Waals surface area contributed by atoms with Crippen LogP contribution in [0.3, 0.4) is 0 Å². The number of benzene rings is 1. The number of hydrogen-bond donors (Lipinski definition) is 2. The van der Waals surface area contributed by atoms with Gasteiger partial charge in [-0.1, -0.05) is 6.92 Å². The second kappa shape index (κ2) is 6.27. The number of aromatic nitrogens is 1. The number of rotatable bonds is 6. The summed E-state index contributed by atoms with van der Waals surface area (Å²) < 4.78 is 8.15. The lowest BCUT2D eigenvalue weighted by atomic mass is 10.2. The van der Waals surface area contributed by atoms with Crippen LogP contribution in [-0.4, -0.2) is 35.9 Å². The number of thiazole rings is 1. The molecular formula is C15H18N2O2S2. The molecule has 0 aliphatic rings. The van der Waals surface area contributed by atoms with E-state index in [0.29, 0.717) is 13.2 Å². The van der Waals surface area contributed by atoms with Crippen molar-refractivity contribution in [3.05, 3.63) is 22.5 Å². The van der Waals surface area contributed by atoms with Gasteiger partial charge in [0.25, 0.3) is 0 Å². The molecule has 2 heterocycles. The first-order chi connectivity index (χ1) is 10.2. The molecule has 4 nitrogen and oxygen atoms in total. The molecular weight excluding hydrogens is 304 g/mol. The second-order valence-electron chi connectivity index (χ2n) is 4.89. The summed E-state index contributed by atoms with van der Waals surface area (Å²) in [5, 5.41) is 17.2. The number of aliphatic hydroxyl groups is 1. The first-order valence-corrected chi connectivity index (χ1v) is 8.67. The Bertz CT molecular complexity index is 751. The lowest BCUT2D eigenvalue weighted by molar-refractivity contribution is 0.108. The van der Waals surface area contributed by atoms with Crippen molar-refractivity contribution in [1.82, 2.24) is 10.3 Å². The molecule has 0 aliphatic heterocycles. The van der Waals surface area contributed by atoms with Crippen molar-refractivity contribution in [3.63, 3.8) is 0 Å². The highest BCUT2D eigenvalue weighted by Gasteiger charge is 2.13. The van der Waals surface area contributed by atoms with Gasteiger partial charge in [0.15, 0.2) is 0 Å². The third-order valence-corrected chi connectivity index (χ3v) is 5.07. The lowest BCUT2D eigenvalue weighted by Gasteiger charge is -2.13. The fourth-order valence-corrected chi connectivity index (χ4v) is 4.10. The summed E-state index contributed by atoms with van der Waals surface area (Å²) in [4.78, 5) is 4.60. The van der Waals surface area contributed by atoms with E-state index in [0.717, 1.165) is 37.6 Å². The molecule has 0 aliphatic carbocycles. The van der Waals surface area contributed by atoms with Crippen LogP contribution >= 0.6 is 22.7 Å². The predicted octanol–water partition coefficient (Wildman–Crippen LogP) is 3.17. The van der Waals surface area contributed by atoms with Gasteiger partial charge in [-0.3, -0.25) is 0 Å². The van der Waals surface area contributed by atoms with Crippen LogP contribution in [0.25, 0.3) is 20.3 Å². The van der Waals surface area contributed by atoms with E-state index in [1.165, 1.54) is 0 Å². The van der Waals surface area contributed by atoms with Crippen LogP contribution < -0.4 is 10.1 Å². The molecule has 0 saturated heterocycles. The summed E-state index contributed by atoms with van der Waals surface area (Å²) >= 11 is 3.36. The van der Waals surface area contributed by atoms with Gasteiger partial charge >= 0.3 is 0 Å². The number of ether oxygens (including phenoxy) is 1. The molecule has 0 spiro atoms. The summed E-state index contributed by atoms with van der Waals surface area (Å²) in [6.07, 6.45) is -0.502. The van der Waals surface area contributed by atoms with Gasteiger partial charge in [0, 0.05) is 18.0 Å². The van der Waals surface area contributed by atoms with Crippen molar-refractivity contribution >= 4 is 43.0 Å². The summed E-state index contributed by atoms with van der Waals surface area (Å²) in [7, 11) is 0. The fourth-order valence-electron chi connectivity index (χ4n) is 2.26. The van der Waals surface area contributed by atoms with Gasteiger partial charge in [-0.25, -0.2) is 4.98 Å². The van der Waals surface area contributed by atoms with Crippen molar-refractivity contribution in [3.8, 4) is 5.75 Å². The molecule has 2 aromatic heterocycles. The molecule has 21 heavy (non-hydrogen) atoms. The zero-order valence-corrected chi connectivity index (χ0v) is 13.7.